The van der Waals surface area contributed by atoms with E-state index in [1.165, 1.54) is 24.3 Å². The number of carbonyl (C=O) groups is 1. The number of amides is 1. The number of hydrogen-bond donors (Lipinski definition) is 3. The summed E-state index contributed by atoms with van der Waals surface area (Å²) < 4.78 is 0. The Kier molecular flexibility index (Phi) is 4.83. The van der Waals surface area contributed by atoms with Gasteiger partial charge in [0.15, 0.2) is 0 Å². The number of para-hydroxylation sites is 4. The molecule has 0 fully saturated rings. The third kappa shape index (κ3) is 3.79. The van der Waals surface area contributed by atoms with E-state index in [9.17, 15) is 14.9 Å². The van der Waals surface area contributed by atoms with Crippen LogP contribution in [0.5, 0.6) is 0 Å². The van der Waals surface area contributed by atoms with E-state index in [0.29, 0.717) is 23.6 Å². The Balaban J connectivity index is 1.46. The molecule has 0 saturated heterocycles. The highest BCUT2D eigenvalue weighted by Crippen LogP contribution is 2.21. The lowest BCUT2D eigenvalue weighted by Crippen LogP contribution is -2.31. The highest BCUT2D eigenvalue weighted by molar-refractivity contribution is 5.94. The maximum atomic E-state index is 12.9. The third-order valence-electron chi connectivity index (χ3n) is 5.22. The van der Waals surface area contributed by atoms with Crippen LogP contribution in [0.25, 0.3) is 22.1 Å². The number of imidazole rings is 2. The molecule has 32 heavy (non-hydrogen) atoms. The van der Waals surface area contributed by atoms with E-state index in [2.05, 4.69) is 25.3 Å². The van der Waals surface area contributed by atoms with Crippen molar-refractivity contribution < 1.29 is 9.72 Å². The normalized spacial score (nSPS) is 12.1. The molecule has 0 spiro atoms. The van der Waals surface area contributed by atoms with Crippen LogP contribution in [0.2, 0.25) is 0 Å². The Hall–Kier alpha value is -4.53. The molecule has 2 aromatic heterocycles. The van der Waals surface area contributed by atoms with Crippen molar-refractivity contribution in [3.05, 3.63) is 100 Å². The van der Waals surface area contributed by atoms with Gasteiger partial charge >= 0.3 is 0 Å². The molecule has 9 nitrogen and oxygen atoms in total. The van der Waals surface area contributed by atoms with E-state index in [1.54, 1.807) is 0 Å². The molecule has 0 aliphatic carbocycles. The molecule has 2 heterocycles. The monoisotopic (exact) mass is 426 g/mol. The van der Waals surface area contributed by atoms with Crippen LogP contribution in [0, 0.1) is 10.1 Å². The number of nitro benzene ring substituents is 1. The number of aromatic amines is 2. The Morgan fingerprint density at radius 2 is 1.53 bits per heavy atom. The summed E-state index contributed by atoms with van der Waals surface area (Å²) in [5, 5.41) is 13.9. The predicted molar refractivity (Wildman–Crippen MR) is 119 cm³/mol. The van der Waals surface area contributed by atoms with Crippen molar-refractivity contribution in [1.82, 2.24) is 25.3 Å². The number of nitrogens with one attached hydrogen (secondary N) is 3. The van der Waals surface area contributed by atoms with Crippen LogP contribution in [0.1, 0.15) is 28.0 Å². The number of aromatic nitrogens is 4. The maximum absolute atomic E-state index is 12.9. The fourth-order valence-electron chi connectivity index (χ4n) is 3.63. The Morgan fingerprint density at radius 3 is 2.16 bits per heavy atom. The van der Waals surface area contributed by atoms with Gasteiger partial charge in [-0.2, -0.15) is 0 Å². The van der Waals surface area contributed by atoms with E-state index in [0.717, 1.165) is 22.1 Å². The second-order valence-corrected chi connectivity index (χ2v) is 7.37. The average Bonchev–Trinajstić information content (AvgIpc) is 3.42. The van der Waals surface area contributed by atoms with Gasteiger partial charge in [0.2, 0.25) is 0 Å². The highest BCUT2D eigenvalue weighted by atomic mass is 16.6. The minimum atomic E-state index is -0.500. The number of H-pyrrole nitrogens is 2. The van der Waals surface area contributed by atoms with Gasteiger partial charge in [-0.1, -0.05) is 24.3 Å². The lowest BCUT2D eigenvalue weighted by molar-refractivity contribution is -0.384. The lowest BCUT2D eigenvalue weighted by atomic mass is 10.1. The van der Waals surface area contributed by atoms with Crippen molar-refractivity contribution in [2.75, 3.05) is 0 Å². The van der Waals surface area contributed by atoms with Gasteiger partial charge in [-0.3, -0.25) is 14.9 Å². The van der Waals surface area contributed by atoms with Crippen molar-refractivity contribution in [2.45, 2.75) is 12.5 Å². The van der Waals surface area contributed by atoms with Gasteiger partial charge in [-0.15, -0.1) is 0 Å². The van der Waals surface area contributed by atoms with Gasteiger partial charge < -0.3 is 15.3 Å². The minimum absolute atomic E-state index is 0.0716. The number of nitrogens with zero attached hydrogens (tertiary/aromatic N) is 3. The number of benzene rings is 3. The summed E-state index contributed by atoms with van der Waals surface area (Å²) >= 11 is 0. The predicted octanol–water partition coefficient (Wildman–Crippen LogP) is 4.06. The first-order valence-corrected chi connectivity index (χ1v) is 10.0. The summed E-state index contributed by atoms with van der Waals surface area (Å²) in [6.45, 7) is 0. The van der Waals surface area contributed by atoms with E-state index in [-0.39, 0.29) is 11.6 Å². The molecule has 0 aliphatic heterocycles. The molecule has 0 saturated carbocycles. The molecule has 9 heteroatoms. The molecular weight excluding hydrogens is 408 g/mol. The zero-order chi connectivity index (χ0) is 22.1. The standard InChI is InChI=1S/C23H18N6O3/c30-23(14-9-11-15(12-10-14)29(31)32)28-20(22-26-18-7-3-4-8-19(18)27-22)13-21-24-16-5-1-2-6-17(16)25-21/h1-12,20H,13H2,(H,24,25)(H,26,27)(H,28,30). The SMILES string of the molecule is O=C(NC(Cc1nc2ccccc2[nH]1)c1nc2ccccc2[nH]1)c1ccc([N+](=O)[O-])cc1. The molecule has 3 N–H and O–H groups in total. The van der Waals surface area contributed by atoms with Crippen LogP contribution < -0.4 is 5.32 Å². The first-order chi connectivity index (χ1) is 15.6. The summed E-state index contributed by atoms with van der Waals surface area (Å²) in [6, 6.07) is 20.3. The van der Waals surface area contributed by atoms with Crippen molar-refractivity contribution in [1.29, 1.82) is 0 Å². The molecule has 1 atom stereocenters. The van der Waals surface area contributed by atoms with Crippen LogP contribution in [0.4, 0.5) is 5.69 Å². The summed E-state index contributed by atoms with van der Waals surface area (Å²) in [7, 11) is 0. The van der Waals surface area contributed by atoms with Gasteiger partial charge in [0, 0.05) is 24.1 Å². The van der Waals surface area contributed by atoms with Crippen molar-refractivity contribution in [3.8, 4) is 0 Å². The fraction of sp³-hybridized carbons (Fsp3) is 0.0870. The minimum Gasteiger partial charge on any atom is -0.342 e. The van der Waals surface area contributed by atoms with Crippen LogP contribution in [0.15, 0.2) is 72.8 Å². The zero-order valence-electron chi connectivity index (χ0n) is 16.8. The Morgan fingerprint density at radius 1 is 0.906 bits per heavy atom. The fourth-order valence-corrected chi connectivity index (χ4v) is 3.63. The number of nitro groups is 1. The summed E-state index contributed by atoms with van der Waals surface area (Å²) in [6.07, 6.45) is 0.382. The number of carbonyl (C=O) groups excluding carboxylic acids is 1. The van der Waals surface area contributed by atoms with E-state index in [1.807, 2.05) is 48.5 Å². The molecule has 1 unspecified atom stereocenters. The largest absolute Gasteiger partial charge is 0.342 e. The van der Waals surface area contributed by atoms with Gasteiger partial charge in [-0.25, -0.2) is 9.97 Å². The molecule has 1 amide bonds. The summed E-state index contributed by atoms with van der Waals surface area (Å²) in [5.74, 6) is 0.948. The van der Waals surface area contributed by atoms with E-state index >= 15 is 0 Å². The first kappa shape index (κ1) is 19.4. The highest BCUT2D eigenvalue weighted by Gasteiger charge is 2.22. The maximum Gasteiger partial charge on any atom is 0.269 e. The van der Waals surface area contributed by atoms with Crippen LogP contribution >= 0.6 is 0 Å². The van der Waals surface area contributed by atoms with Crippen molar-refractivity contribution in [3.63, 3.8) is 0 Å². The Bertz CT molecular complexity index is 1370. The quantitative estimate of drug-likeness (QED) is 0.278. The number of non-ortho nitro benzene ring substituents is 1. The van der Waals surface area contributed by atoms with Crippen LogP contribution in [-0.2, 0) is 6.42 Å². The lowest BCUT2D eigenvalue weighted by Gasteiger charge is -2.16. The van der Waals surface area contributed by atoms with Gasteiger partial charge in [0.1, 0.15) is 11.6 Å². The van der Waals surface area contributed by atoms with Gasteiger partial charge in [0.05, 0.1) is 33.0 Å². The molecule has 3 aromatic carbocycles. The van der Waals surface area contributed by atoms with Crippen molar-refractivity contribution >= 4 is 33.7 Å². The van der Waals surface area contributed by atoms with Gasteiger partial charge in [-0.05, 0) is 36.4 Å². The Labute approximate surface area is 181 Å². The molecule has 0 aliphatic rings. The summed E-state index contributed by atoms with van der Waals surface area (Å²) in [5.41, 5.74) is 3.66. The number of rotatable bonds is 6. The number of hydrogen-bond acceptors (Lipinski definition) is 5. The molecule has 5 aromatic rings. The second-order valence-electron chi connectivity index (χ2n) is 7.37. The summed E-state index contributed by atoms with van der Waals surface area (Å²) in [4.78, 5) is 39.1. The number of fused-ring (bicyclic) bond motifs is 2. The zero-order valence-corrected chi connectivity index (χ0v) is 16.8. The second kappa shape index (κ2) is 7.95. The topological polar surface area (TPSA) is 130 Å². The van der Waals surface area contributed by atoms with Crippen LogP contribution in [0.3, 0.4) is 0 Å². The van der Waals surface area contributed by atoms with Crippen LogP contribution in [-0.4, -0.2) is 30.8 Å². The molecule has 0 radical (unpaired) electrons. The molecule has 5 rings (SSSR count). The first-order valence-electron chi connectivity index (χ1n) is 10.0. The van der Waals surface area contributed by atoms with E-state index < -0.39 is 11.0 Å². The molecule has 0 bridgehead atoms. The van der Waals surface area contributed by atoms with Gasteiger partial charge in [0.25, 0.3) is 11.6 Å². The van der Waals surface area contributed by atoms with Crippen molar-refractivity contribution in [2.24, 2.45) is 0 Å². The average molecular weight is 426 g/mol. The third-order valence-corrected chi connectivity index (χ3v) is 5.22. The molecular formula is C23H18N6O3. The van der Waals surface area contributed by atoms with E-state index in [4.69, 9.17) is 0 Å². The molecule has 158 valence electrons. The smallest absolute Gasteiger partial charge is 0.269 e.